The first-order valence-corrected chi connectivity index (χ1v) is 10.6. The van der Waals surface area contributed by atoms with Gasteiger partial charge in [-0.1, -0.05) is 60.4 Å². The van der Waals surface area contributed by atoms with Crippen LogP contribution in [0.15, 0.2) is 82.7 Å². The standard InChI is InChI=1S/C26H17NO2S/c1-27-16-22-15-17(6-14-24(22)30(28)29)5-7-18-8-9-21-11-10-19-3-2-4-20-12-13-23(18)26(21)25(19)20/h2-4,6,8-16H,1H3,(H,28,29). The van der Waals surface area contributed by atoms with Crippen molar-refractivity contribution in [2.45, 2.75) is 4.90 Å². The smallest absolute Gasteiger partial charge is 0.187 e. The maximum absolute atomic E-state index is 11.5. The molecule has 0 saturated heterocycles. The van der Waals surface area contributed by atoms with Gasteiger partial charge in [0.2, 0.25) is 0 Å². The van der Waals surface area contributed by atoms with Crippen molar-refractivity contribution in [3.05, 3.63) is 89.5 Å². The second kappa shape index (κ2) is 7.38. The third kappa shape index (κ3) is 3.05. The van der Waals surface area contributed by atoms with Gasteiger partial charge in [-0.2, -0.15) is 0 Å². The molecule has 0 radical (unpaired) electrons. The fourth-order valence-corrected chi connectivity index (χ4v) is 4.51. The minimum Gasteiger partial charge on any atom is -0.302 e. The van der Waals surface area contributed by atoms with Gasteiger partial charge >= 0.3 is 0 Å². The highest BCUT2D eigenvalue weighted by molar-refractivity contribution is 7.79. The molecule has 0 spiro atoms. The van der Waals surface area contributed by atoms with Crippen LogP contribution in [0.5, 0.6) is 0 Å². The Morgan fingerprint density at radius 2 is 1.57 bits per heavy atom. The van der Waals surface area contributed by atoms with Crippen LogP contribution in [0.1, 0.15) is 16.7 Å². The summed E-state index contributed by atoms with van der Waals surface area (Å²) < 4.78 is 21.0. The molecule has 1 N–H and O–H groups in total. The third-order valence-corrected chi connectivity index (χ3v) is 6.08. The first-order chi connectivity index (χ1) is 14.7. The van der Waals surface area contributed by atoms with Crippen molar-refractivity contribution in [3.8, 4) is 11.8 Å². The van der Waals surface area contributed by atoms with Crippen LogP contribution in [0.3, 0.4) is 0 Å². The first-order valence-electron chi connectivity index (χ1n) is 9.51. The van der Waals surface area contributed by atoms with E-state index in [4.69, 9.17) is 0 Å². The highest BCUT2D eigenvalue weighted by Gasteiger charge is 2.10. The van der Waals surface area contributed by atoms with Crippen LogP contribution < -0.4 is 0 Å². The van der Waals surface area contributed by atoms with Crippen LogP contribution in [0.4, 0.5) is 0 Å². The fraction of sp³-hybridized carbons (Fsp3) is 0.0385. The average Bonchev–Trinajstić information content (AvgIpc) is 2.76. The van der Waals surface area contributed by atoms with E-state index in [2.05, 4.69) is 71.4 Å². The molecule has 0 fully saturated rings. The maximum Gasteiger partial charge on any atom is 0.187 e. The summed E-state index contributed by atoms with van der Waals surface area (Å²) in [5.41, 5.74) is 2.33. The van der Waals surface area contributed by atoms with E-state index in [0.29, 0.717) is 10.5 Å². The second-order valence-corrected chi connectivity index (χ2v) is 8.05. The van der Waals surface area contributed by atoms with Gasteiger partial charge in [0.25, 0.3) is 0 Å². The zero-order valence-corrected chi connectivity index (χ0v) is 17.0. The minimum absolute atomic E-state index is 0.328. The maximum atomic E-state index is 11.5. The summed E-state index contributed by atoms with van der Waals surface area (Å²) in [6, 6.07) is 24.3. The Labute approximate surface area is 176 Å². The molecule has 3 nitrogen and oxygen atoms in total. The van der Waals surface area contributed by atoms with E-state index >= 15 is 0 Å². The predicted octanol–water partition coefficient (Wildman–Crippen LogP) is 5.61. The predicted molar refractivity (Wildman–Crippen MR) is 125 cm³/mol. The Morgan fingerprint density at radius 3 is 2.30 bits per heavy atom. The third-order valence-electron chi connectivity index (χ3n) is 5.34. The van der Waals surface area contributed by atoms with E-state index in [1.165, 1.54) is 26.9 Å². The van der Waals surface area contributed by atoms with Gasteiger partial charge in [-0.15, -0.1) is 0 Å². The van der Waals surface area contributed by atoms with E-state index < -0.39 is 11.1 Å². The van der Waals surface area contributed by atoms with Crippen molar-refractivity contribution < 1.29 is 8.76 Å². The molecule has 0 aliphatic rings. The van der Waals surface area contributed by atoms with Gasteiger partial charge in [-0.25, -0.2) is 4.21 Å². The van der Waals surface area contributed by atoms with E-state index in [0.717, 1.165) is 16.5 Å². The zero-order valence-electron chi connectivity index (χ0n) is 16.2. The van der Waals surface area contributed by atoms with Gasteiger partial charge in [0.1, 0.15) is 0 Å². The van der Waals surface area contributed by atoms with E-state index in [1.807, 2.05) is 0 Å². The molecule has 1 unspecified atom stereocenters. The summed E-state index contributed by atoms with van der Waals surface area (Å²) in [5, 5.41) is 7.30. The molecule has 0 saturated carbocycles. The Balaban J connectivity index is 1.68. The molecule has 144 valence electrons. The molecular weight excluding hydrogens is 390 g/mol. The SMILES string of the molecule is CN=Cc1cc(C#Cc2ccc3ccc4cccc5ccc2c3c45)ccc1S(=O)O. The van der Waals surface area contributed by atoms with E-state index in [1.54, 1.807) is 31.5 Å². The summed E-state index contributed by atoms with van der Waals surface area (Å²) in [4.78, 5) is 4.31. The molecule has 4 heteroatoms. The molecule has 0 amide bonds. The largest absolute Gasteiger partial charge is 0.302 e. The van der Waals surface area contributed by atoms with Crippen molar-refractivity contribution in [2.24, 2.45) is 4.99 Å². The molecule has 5 rings (SSSR count). The summed E-state index contributed by atoms with van der Waals surface area (Å²) in [6.45, 7) is 0. The zero-order chi connectivity index (χ0) is 20.7. The molecule has 0 aliphatic carbocycles. The monoisotopic (exact) mass is 407 g/mol. The number of benzene rings is 5. The molecular formula is C26H17NO2S. The van der Waals surface area contributed by atoms with Crippen LogP contribution in [0.25, 0.3) is 32.3 Å². The lowest BCUT2D eigenvalue weighted by atomic mass is 9.92. The van der Waals surface area contributed by atoms with Crippen molar-refractivity contribution in [2.75, 3.05) is 7.05 Å². The van der Waals surface area contributed by atoms with Crippen LogP contribution >= 0.6 is 0 Å². The Hall–Kier alpha value is -3.52. The first kappa shape index (κ1) is 18.5. The Kier molecular flexibility index (Phi) is 4.55. The molecule has 0 aliphatic heterocycles. The summed E-state index contributed by atoms with van der Waals surface area (Å²) in [7, 11) is 1.63. The van der Waals surface area contributed by atoms with Crippen molar-refractivity contribution in [3.63, 3.8) is 0 Å². The van der Waals surface area contributed by atoms with Gasteiger partial charge in [-0.3, -0.25) is 4.99 Å². The highest BCUT2D eigenvalue weighted by atomic mass is 32.2. The molecule has 30 heavy (non-hydrogen) atoms. The van der Waals surface area contributed by atoms with Crippen molar-refractivity contribution in [1.82, 2.24) is 0 Å². The van der Waals surface area contributed by atoms with E-state index in [9.17, 15) is 8.76 Å². The molecule has 5 aromatic rings. The number of nitrogens with zero attached hydrogens (tertiary/aromatic N) is 1. The number of rotatable bonds is 2. The van der Waals surface area contributed by atoms with Crippen LogP contribution in [0, 0.1) is 11.8 Å². The van der Waals surface area contributed by atoms with E-state index in [-0.39, 0.29) is 0 Å². The molecule has 0 aromatic heterocycles. The highest BCUT2D eigenvalue weighted by Crippen LogP contribution is 2.35. The number of hydrogen-bond donors (Lipinski definition) is 1. The number of hydrogen-bond acceptors (Lipinski definition) is 2. The molecule has 5 aromatic carbocycles. The normalized spacial score (nSPS) is 12.6. The van der Waals surface area contributed by atoms with Gasteiger partial charge in [0, 0.05) is 30.0 Å². The molecule has 0 bridgehead atoms. The Morgan fingerprint density at radius 1 is 0.867 bits per heavy atom. The number of aliphatic imine (C=N–C) groups is 1. The van der Waals surface area contributed by atoms with Crippen LogP contribution in [-0.2, 0) is 11.1 Å². The summed E-state index contributed by atoms with van der Waals surface area (Å²) >= 11 is -2.07. The average molecular weight is 407 g/mol. The quantitative estimate of drug-likeness (QED) is 0.179. The van der Waals surface area contributed by atoms with Gasteiger partial charge in [-0.05, 0) is 56.6 Å². The minimum atomic E-state index is -2.07. The van der Waals surface area contributed by atoms with Gasteiger partial charge in [0.05, 0.1) is 4.90 Å². The lowest BCUT2D eigenvalue weighted by Gasteiger charge is -2.11. The lowest BCUT2D eigenvalue weighted by Crippen LogP contribution is -1.96. The molecule has 1 atom stereocenters. The second-order valence-electron chi connectivity index (χ2n) is 7.11. The van der Waals surface area contributed by atoms with Gasteiger partial charge in [0.15, 0.2) is 11.1 Å². The van der Waals surface area contributed by atoms with Crippen LogP contribution in [-0.4, -0.2) is 22.0 Å². The fourth-order valence-electron chi connectivity index (χ4n) is 4.01. The van der Waals surface area contributed by atoms with Crippen LogP contribution in [0.2, 0.25) is 0 Å². The topological polar surface area (TPSA) is 49.7 Å². The Bertz CT molecular complexity index is 1520. The van der Waals surface area contributed by atoms with Crippen molar-refractivity contribution in [1.29, 1.82) is 0 Å². The summed E-state index contributed by atoms with van der Waals surface area (Å²) in [5.74, 6) is 6.51. The molecule has 0 heterocycles. The van der Waals surface area contributed by atoms with Gasteiger partial charge < -0.3 is 4.55 Å². The van der Waals surface area contributed by atoms with Crippen molar-refractivity contribution >= 4 is 49.6 Å². The summed E-state index contributed by atoms with van der Waals surface area (Å²) in [6.07, 6.45) is 1.57. The lowest BCUT2D eigenvalue weighted by molar-refractivity contribution is 0.564.